The minimum atomic E-state index is -0.108. The Kier molecular flexibility index (Phi) is 5.91. The van der Waals surface area contributed by atoms with Gasteiger partial charge in [0.15, 0.2) is 11.5 Å². The van der Waals surface area contributed by atoms with Gasteiger partial charge in [-0.3, -0.25) is 4.79 Å². The normalized spacial score (nSPS) is 16.2. The minimum Gasteiger partial charge on any atom is -0.486 e. The number of aromatic nitrogens is 2. The topological polar surface area (TPSA) is 73.3 Å². The smallest absolute Gasteiger partial charge is 0.230 e. The second-order valence-electron chi connectivity index (χ2n) is 8.66. The van der Waals surface area contributed by atoms with Crippen LogP contribution in [0, 0.1) is 5.92 Å². The molecule has 7 heteroatoms. The summed E-state index contributed by atoms with van der Waals surface area (Å²) in [6.45, 7) is 5.32. The Morgan fingerprint density at radius 3 is 2.66 bits per heavy atom. The maximum absolute atomic E-state index is 12.9. The van der Waals surface area contributed by atoms with Gasteiger partial charge in [-0.05, 0) is 42.5 Å². The van der Waals surface area contributed by atoms with Gasteiger partial charge < -0.3 is 14.8 Å². The van der Waals surface area contributed by atoms with Crippen molar-refractivity contribution in [3.8, 4) is 11.5 Å². The molecule has 0 bridgehead atoms. The molecule has 2 aliphatic rings. The highest BCUT2D eigenvalue weighted by Gasteiger charge is 2.28. The number of para-hydroxylation sites is 1. The van der Waals surface area contributed by atoms with E-state index in [4.69, 9.17) is 19.4 Å². The van der Waals surface area contributed by atoms with Gasteiger partial charge >= 0.3 is 0 Å². The zero-order valence-corrected chi connectivity index (χ0v) is 19.2. The first-order chi connectivity index (χ1) is 15.6. The molecule has 5 rings (SSSR count). The van der Waals surface area contributed by atoms with Gasteiger partial charge in [0.05, 0.1) is 17.3 Å². The molecule has 1 fully saturated rings. The van der Waals surface area contributed by atoms with Gasteiger partial charge in [-0.1, -0.05) is 49.9 Å². The molecule has 1 aliphatic carbocycles. The Balaban J connectivity index is 1.31. The first-order valence-corrected chi connectivity index (χ1v) is 12.2. The van der Waals surface area contributed by atoms with Crippen LogP contribution in [-0.4, -0.2) is 34.8 Å². The molecule has 2 heterocycles. The number of fused-ring (bicyclic) bond motifs is 2. The first-order valence-electron chi connectivity index (χ1n) is 11.2. The van der Waals surface area contributed by atoms with Crippen LogP contribution in [-0.2, 0) is 4.79 Å². The highest BCUT2D eigenvalue weighted by molar-refractivity contribution is 8.00. The number of amides is 1. The van der Waals surface area contributed by atoms with Gasteiger partial charge in [-0.15, -0.1) is 0 Å². The number of benzene rings is 2. The lowest BCUT2D eigenvalue weighted by molar-refractivity contribution is -0.119. The first kappa shape index (κ1) is 21.1. The van der Waals surface area contributed by atoms with Crippen LogP contribution in [0.4, 0.5) is 0 Å². The fraction of sp³-hybridized carbons (Fsp3) is 0.400. The SMILES string of the molecule is CC(C)C(NC(=O)CSc1nc(C2CC2)nc2ccccc12)c1ccc2c(c1)OCCO2. The van der Waals surface area contributed by atoms with Gasteiger partial charge in [0, 0.05) is 11.3 Å². The molecule has 1 N–H and O–H groups in total. The van der Waals surface area contributed by atoms with E-state index in [1.54, 1.807) is 0 Å². The summed E-state index contributed by atoms with van der Waals surface area (Å²) in [5.41, 5.74) is 1.97. The number of carbonyl (C=O) groups is 1. The standard InChI is InChI=1S/C25H27N3O3S/c1-15(2)23(17-9-10-20-21(13-17)31-12-11-30-20)27-22(29)14-32-25-18-5-3-4-6-19(18)26-24(28-25)16-7-8-16/h3-6,9-10,13,15-16,23H,7-8,11-12,14H2,1-2H3,(H,27,29). The molecule has 6 nitrogen and oxygen atoms in total. The van der Waals surface area contributed by atoms with Crippen LogP contribution in [0.15, 0.2) is 47.5 Å². The number of ether oxygens (including phenoxy) is 2. The molecule has 1 saturated carbocycles. The monoisotopic (exact) mass is 449 g/mol. The molecule has 0 radical (unpaired) electrons. The minimum absolute atomic E-state index is 0.0146. The van der Waals surface area contributed by atoms with Crippen LogP contribution < -0.4 is 14.8 Å². The van der Waals surface area contributed by atoms with Crippen LogP contribution in [0.2, 0.25) is 0 Å². The van der Waals surface area contributed by atoms with E-state index in [1.165, 1.54) is 11.8 Å². The largest absolute Gasteiger partial charge is 0.486 e. The summed E-state index contributed by atoms with van der Waals surface area (Å²) in [5, 5.41) is 5.09. The van der Waals surface area contributed by atoms with E-state index in [-0.39, 0.29) is 17.9 Å². The predicted molar refractivity (Wildman–Crippen MR) is 125 cm³/mol. The molecule has 1 unspecified atom stereocenters. The lowest BCUT2D eigenvalue weighted by Crippen LogP contribution is -2.33. The summed E-state index contributed by atoms with van der Waals surface area (Å²) in [4.78, 5) is 22.5. The third kappa shape index (κ3) is 4.53. The number of hydrogen-bond acceptors (Lipinski definition) is 6. The van der Waals surface area contributed by atoms with Gasteiger partial charge in [-0.25, -0.2) is 9.97 Å². The van der Waals surface area contributed by atoms with Crippen LogP contribution in [0.5, 0.6) is 11.5 Å². The molecule has 0 spiro atoms. The summed E-state index contributed by atoms with van der Waals surface area (Å²) in [6.07, 6.45) is 2.29. The maximum atomic E-state index is 12.9. The quantitative estimate of drug-likeness (QED) is 0.409. The number of rotatable bonds is 7. The average molecular weight is 450 g/mol. The zero-order chi connectivity index (χ0) is 22.1. The second kappa shape index (κ2) is 8.98. The van der Waals surface area contributed by atoms with Crippen LogP contribution in [0.3, 0.4) is 0 Å². The maximum Gasteiger partial charge on any atom is 0.230 e. The highest BCUT2D eigenvalue weighted by Crippen LogP contribution is 2.40. The molecule has 1 atom stereocenters. The third-order valence-corrected chi connectivity index (χ3v) is 6.77. The van der Waals surface area contributed by atoms with Gasteiger partial charge in [0.1, 0.15) is 24.1 Å². The molecule has 1 aromatic heterocycles. The number of thioether (sulfide) groups is 1. The number of carbonyl (C=O) groups excluding carboxylic acids is 1. The van der Waals surface area contributed by atoms with Crippen molar-refractivity contribution >= 4 is 28.6 Å². The lowest BCUT2D eigenvalue weighted by atomic mass is 9.95. The zero-order valence-electron chi connectivity index (χ0n) is 18.3. The van der Waals surface area contributed by atoms with E-state index in [0.29, 0.717) is 24.9 Å². The Morgan fingerprint density at radius 2 is 1.88 bits per heavy atom. The molecule has 1 amide bonds. The molecule has 1 aliphatic heterocycles. The number of hydrogen-bond donors (Lipinski definition) is 1. The van der Waals surface area contributed by atoms with Crippen LogP contribution in [0.25, 0.3) is 10.9 Å². The van der Waals surface area contributed by atoms with Crippen LogP contribution in [0.1, 0.15) is 50.0 Å². The van der Waals surface area contributed by atoms with Gasteiger partial charge in [0.25, 0.3) is 0 Å². The summed E-state index contributed by atoms with van der Waals surface area (Å²) < 4.78 is 11.4. The van der Waals surface area contributed by atoms with E-state index in [9.17, 15) is 4.79 Å². The molecule has 32 heavy (non-hydrogen) atoms. The lowest BCUT2D eigenvalue weighted by Gasteiger charge is -2.25. The van der Waals surface area contributed by atoms with Crippen molar-refractivity contribution in [3.63, 3.8) is 0 Å². The number of nitrogens with one attached hydrogen (secondary N) is 1. The van der Waals surface area contributed by atoms with Crippen molar-refractivity contribution in [1.82, 2.24) is 15.3 Å². The van der Waals surface area contributed by atoms with Crippen molar-refractivity contribution in [2.45, 2.75) is 43.7 Å². The van der Waals surface area contributed by atoms with Gasteiger partial charge in [0.2, 0.25) is 5.91 Å². The number of nitrogens with zero attached hydrogens (tertiary/aromatic N) is 2. The van der Waals surface area contributed by atoms with E-state index in [2.05, 4.69) is 19.2 Å². The van der Waals surface area contributed by atoms with E-state index in [1.807, 2.05) is 42.5 Å². The van der Waals surface area contributed by atoms with Crippen molar-refractivity contribution in [3.05, 3.63) is 53.9 Å². The molecule has 0 saturated heterocycles. The summed E-state index contributed by atoms with van der Waals surface area (Å²) in [6, 6.07) is 13.8. The Morgan fingerprint density at radius 1 is 1.09 bits per heavy atom. The molecular formula is C25H27N3O3S. The average Bonchev–Trinajstić information content (AvgIpc) is 3.66. The molecule has 166 valence electrons. The second-order valence-corrected chi connectivity index (χ2v) is 9.62. The van der Waals surface area contributed by atoms with Crippen LogP contribution >= 0.6 is 11.8 Å². The highest BCUT2D eigenvalue weighted by atomic mass is 32.2. The van der Waals surface area contributed by atoms with Gasteiger partial charge in [-0.2, -0.15) is 0 Å². The summed E-state index contributed by atoms with van der Waals surface area (Å²) in [5.74, 6) is 3.39. The Hall–Kier alpha value is -2.80. The Labute approximate surface area is 192 Å². The van der Waals surface area contributed by atoms with E-state index in [0.717, 1.165) is 51.7 Å². The van der Waals surface area contributed by atoms with Crippen molar-refractivity contribution in [1.29, 1.82) is 0 Å². The van der Waals surface area contributed by atoms with Crippen molar-refractivity contribution in [2.24, 2.45) is 5.92 Å². The third-order valence-electron chi connectivity index (χ3n) is 5.78. The predicted octanol–water partition coefficient (Wildman–Crippen LogP) is 4.88. The fourth-order valence-electron chi connectivity index (χ4n) is 3.94. The Bertz CT molecular complexity index is 1150. The fourth-order valence-corrected chi connectivity index (χ4v) is 4.77. The van der Waals surface area contributed by atoms with Crippen molar-refractivity contribution in [2.75, 3.05) is 19.0 Å². The molecule has 3 aromatic rings. The summed E-state index contributed by atoms with van der Waals surface area (Å²) >= 11 is 1.48. The molecular weight excluding hydrogens is 422 g/mol. The van der Waals surface area contributed by atoms with E-state index < -0.39 is 0 Å². The summed E-state index contributed by atoms with van der Waals surface area (Å²) in [7, 11) is 0. The van der Waals surface area contributed by atoms with Crippen molar-refractivity contribution < 1.29 is 14.3 Å². The molecule has 2 aromatic carbocycles. The van der Waals surface area contributed by atoms with E-state index >= 15 is 0 Å².